The lowest BCUT2D eigenvalue weighted by molar-refractivity contribution is 0.0906. The van der Waals surface area contributed by atoms with Crippen LogP contribution in [0.2, 0.25) is 0 Å². The Labute approximate surface area is 166 Å². The number of rotatable bonds is 2. The van der Waals surface area contributed by atoms with Crippen molar-refractivity contribution >= 4 is 16.6 Å². The Morgan fingerprint density at radius 3 is 2.50 bits per heavy atom. The second-order valence-electron chi connectivity index (χ2n) is 8.62. The number of nitrogens with one attached hydrogen (secondary N) is 1. The number of hydrogen-bond donors (Lipinski definition) is 1. The molecule has 2 fully saturated rings. The minimum atomic E-state index is 0.298. The molecule has 28 heavy (non-hydrogen) atoms. The van der Waals surface area contributed by atoms with Crippen molar-refractivity contribution in [1.82, 2.24) is 9.88 Å². The van der Waals surface area contributed by atoms with E-state index in [0.29, 0.717) is 18.1 Å². The fraction of sp³-hybridized carbons (Fsp3) is 0.417. The molecule has 3 aliphatic rings. The number of para-hydroxylation sites is 1. The highest BCUT2D eigenvalue weighted by Gasteiger charge is 2.37. The summed E-state index contributed by atoms with van der Waals surface area (Å²) in [6.45, 7) is 2.85. The lowest BCUT2D eigenvalue weighted by Crippen LogP contribution is -2.45. The molecule has 0 radical (unpaired) electrons. The van der Waals surface area contributed by atoms with E-state index in [1.807, 2.05) is 0 Å². The second-order valence-corrected chi connectivity index (χ2v) is 8.62. The monoisotopic (exact) mass is 373 g/mol. The zero-order valence-electron chi connectivity index (χ0n) is 16.4. The summed E-state index contributed by atoms with van der Waals surface area (Å²) < 4.78 is 5.76. The van der Waals surface area contributed by atoms with Gasteiger partial charge in [0.15, 0.2) is 0 Å². The van der Waals surface area contributed by atoms with Crippen LogP contribution in [0.4, 0.5) is 5.69 Å². The van der Waals surface area contributed by atoms with E-state index in [4.69, 9.17) is 4.74 Å². The quantitative estimate of drug-likeness (QED) is 0.733. The molecule has 2 aromatic carbocycles. The predicted molar refractivity (Wildman–Crippen MR) is 113 cm³/mol. The maximum absolute atomic E-state index is 5.76. The third-order valence-corrected chi connectivity index (χ3v) is 7.02. The van der Waals surface area contributed by atoms with Crippen LogP contribution in [0.1, 0.15) is 35.7 Å². The molecule has 6 rings (SSSR count). The first-order valence-electron chi connectivity index (χ1n) is 10.6. The van der Waals surface area contributed by atoms with Gasteiger partial charge in [-0.25, -0.2) is 0 Å². The summed E-state index contributed by atoms with van der Waals surface area (Å²) in [4.78, 5) is 8.81. The molecule has 0 aliphatic carbocycles. The molecule has 2 bridgehead atoms. The Balaban J connectivity index is 1.37. The molecule has 2 saturated heterocycles. The van der Waals surface area contributed by atoms with Crippen LogP contribution in [-0.2, 0) is 11.2 Å². The van der Waals surface area contributed by atoms with Crippen LogP contribution in [0.15, 0.2) is 48.5 Å². The average molecular weight is 374 g/mol. The van der Waals surface area contributed by atoms with Gasteiger partial charge in [-0.2, -0.15) is 0 Å². The summed E-state index contributed by atoms with van der Waals surface area (Å²) in [6.07, 6.45) is 3.63. The Bertz CT molecular complexity index is 992. The summed E-state index contributed by atoms with van der Waals surface area (Å²) in [7, 11) is 2.25. The normalized spacial score (nSPS) is 27.3. The number of aromatic nitrogens is 1. The van der Waals surface area contributed by atoms with Crippen molar-refractivity contribution in [1.29, 1.82) is 0 Å². The summed E-state index contributed by atoms with van der Waals surface area (Å²) in [6, 6.07) is 19.5. The van der Waals surface area contributed by atoms with Crippen LogP contribution in [0.25, 0.3) is 10.9 Å². The molecule has 0 amide bonds. The van der Waals surface area contributed by atoms with Crippen molar-refractivity contribution in [2.75, 3.05) is 31.7 Å². The second kappa shape index (κ2) is 6.36. The molecule has 4 heteroatoms. The van der Waals surface area contributed by atoms with E-state index < -0.39 is 0 Å². The number of nitrogens with zero attached hydrogens (tertiary/aromatic N) is 2. The molecule has 3 atom stereocenters. The van der Waals surface area contributed by atoms with Gasteiger partial charge in [-0.15, -0.1) is 0 Å². The van der Waals surface area contributed by atoms with Gasteiger partial charge in [-0.1, -0.05) is 30.3 Å². The molecular weight excluding hydrogens is 346 g/mol. The van der Waals surface area contributed by atoms with Gasteiger partial charge >= 0.3 is 0 Å². The zero-order valence-corrected chi connectivity index (χ0v) is 16.4. The Morgan fingerprint density at radius 1 is 0.964 bits per heavy atom. The van der Waals surface area contributed by atoms with Gasteiger partial charge in [0.1, 0.15) is 0 Å². The van der Waals surface area contributed by atoms with Gasteiger partial charge in [0.25, 0.3) is 0 Å². The van der Waals surface area contributed by atoms with Crippen LogP contribution in [-0.4, -0.2) is 48.8 Å². The molecule has 3 unspecified atom stereocenters. The first-order chi connectivity index (χ1) is 13.8. The smallest absolute Gasteiger partial charge is 0.0754 e. The van der Waals surface area contributed by atoms with Gasteiger partial charge in [-0.05, 0) is 55.6 Å². The first-order valence-corrected chi connectivity index (χ1v) is 10.6. The van der Waals surface area contributed by atoms with E-state index >= 15 is 0 Å². The lowest BCUT2D eigenvalue weighted by Gasteiger charge is -2.37. The number of ether oxygens (including phenoxy) is 1. The predicted octanol–water partition coefficient (Wildman–Crippen LogP) is 4.11. The number of fused-ring (bicyclic) bond motifs is 5. The van der Waals surface area contributed by atoms with Crippen molar-refractivity contribution < 1.29 is 4.74 Å². The summed E-state index contributed by atoms with van der Waals surface area (Å²) >= 11 is 0. The maximum atomic E-state index is 5.76. The topological polar surface area (TPSA) is 31.5 Å². The number of hydrogen-bond acceptors (Lipinski definition) is 3. The zero-order chi connectivity index (χ0) is 18.7. The van der Waals surface area contributed by atoms with Crippen LogP contribution in [0, 0.1) is 0 Å². The standard InChI is InChI=1S/C24H27N3O/c1-26-13-12-21-20-4-2-3-5-22(20)25-23(21)24(26)16-6-8-17(9-7-16)27-18-10-11-19(27)15-28-14-18/h2-9,18-19,24-25H,10-15H2,1H3. The number of H-pyrrole nitrogens is 1. The minimum Gasteiger partial charge on any atom is -0.377 e. The summed E-state index contributed by atoms with van der Waals surface area (Å²) in [5, 5.41) is 1.39. The molecule has 0 spiro atoms. The molecule has 4 nitrogen and oxygen atoms in total. The molecule has 0 saturated carbocycles. The highest BCUT2D eigenvalue weighted by Crippen LogP contribution is 2.39. The van der Waals surface area contributed by atoms with Crippen molar-refractivity contribution in [3.05, 3.63) is 65.4 Å². The number of anilines is 1. The number of benzene rings is 2. The Hall–Kier alpha value is -2.30. The molecule has 3 aliphatic heterocycles. The highest BCUT2D eigenvalue weighted by molar-refractivity contribution is 5.85. The van der Waals surface area contributed by atoms with Gasteiger partial charge in [0.2, 0.25) is 0 Å². The van der Waals surface area contributed by atoms with Crippen LogP contribution >= 0.6 is 0 Å². The van der Waals surface area contributed by atoms with Gasteiger partial charge < -0.3 is 14.6 Å². The summed E-state index contributed by atoms with van der Waals surface area (Å²) in [5.41, 5.74) is 6.85. The van der Waals surface area contributed by atoms with E-state index in [9.17, 15) is 0 Å². The number of morpholine rings is 1. The largest absolute Gasteiger partial charge is 0.377 e. The Morgan fingerprint density at radius 2 is 1.71 bits per heavy atom. The van der Waals surface area contributed by atoms with E-state index in [-0.39, 0.29) is 0 Å². The SMILES string of the molecule is CN1CCc2c([nH]c3ccccc23)C1c1ccc(N2C3CCC2COC3)cc1. The number of likely N-dealkylation sites (N-methyl/N-ethyl adjacent to an activating group) is 1. The van der Waals surface area contributed by atoms with Gasteiger partial charge in [-0.3, -0.25) is 4.90 Å². The molecule has 144 valence electrons. The third-order valence-electron chi connectivity index (χ3n) is 7.02. The molecule has 1 aromatic heterocycles. The molecule has 1 N–H and O–H groups in total. The molecule has 4 heterocycles. The van der Waals surface area contributed by atoms with Crippen molar-refractivity contribution in [3.8, 4) is 0 Å². The molecular formula is C24H27N3O. The van der Waals surface area contributed by atoms with Gasteiger partial charge in [0, 0.05) is 28.8 Å². The van der Waals surface area contributed by atoms with E-state index in [2.05, 4.69) is 70.4 Å². The first kappa shape index (κ1) is 16.6. The fourth-order valence-corrected chi connectivity index (χ4v) is 5.66. The van der Waals surface area contributed by atoms with E-state index in [1.165, 1.54) is 46.3 Å². The van der Waals surface area contributed by atoms with Crippen molar-refractivity contribution in [2.45, 2.75) is 37.4 Å². The van der Waals surface area contributed by atoms with Crippen LogP contribution < -0.4 is 4.90 Å². The van der Waals surface area contributed by atoms with Gasteiger partial charge in [0.05, 0.1) is 31.3 Å². The van der Waals surface area contributed by atoms with Crippen LogP contribution in [0.3, 0.4) is 0 Å². The maximum Gasteiger partial charge on any atom is 0.0754 e. The average Bonchev–Trinajstić information content (AvgIpc) is 3.22. The lowest BCUT2D eigenvalue weighted by atomic mass is 9.92. The number of aromatic amines is 1. The van der Waals surface area contributed by atoms with Crippen LogP contribution in [0.5, 0.6) is 0 Å². The Kier molecular flexibility index (Phi) is 3.78. The van der Waals surface area contributed by atoms with E-state index in [1.54, 1.807) is 0 Å². The molecule has 3 aromatic rings. The van der Waals surface area contributed by atoms with E-state index in [0.717, 1.165) is 26.2 Å². The third kappa shape index (κ3) is 2.44. The highest BCUT2D eigenvalue weighted by atomic mass is 16.5. The fourth-order valence-electron chi connectivity index (χ4n) is 5.66. The summed E-state index contributed by atoms with van der Waals surface area (Å²) in [5.74, 6) is 0. The minimum absolute atomic E-state index is 0.298. The van der Waals surface area contributed by atoms with Crippen molar-refractivity contribution in [2.24, 2.45) is 0 Å². The van der Waals surface area contributed by atoms with Crippen molar-refractivity contribution in [3.63, 3.8) is 0 Å².